The molecule has 0 radical (unpaired) electrons. The van der Waals surface area contributed by atoms with E-state index in [0.29, 0.717) is 11.3 Å². The third kappa shape index (κ3) is 2.52. The number of rotatable bonds is 2. The van der Waals surface area contributed by atoms with E-state index in [4.69, 9.17) is 0 Å². The van der Waals surface area contributed by atoms with Gasteiger partial charge in [0, 0.05) is 10.9 Å². The zero-order valence-corrected chi connectivity index (χ0v) is 11.1. The van der Waals surface area contributed by atoms with Gasteiger partial charge in [0.2, 0.25) is 0 Å². The average molecular weight is 262 g/mol. The van der Waals surface area contributed by atoms with Crippen LogP contribution in [0.4, 0.5) is 5.69 Å². The fourth-order valence-electron chi connectivity index (χ4n) is 2.13. The zero-order chi connectivity index (χ0) is 13.9. The summed E-state index contributed by atoms with van der Waals surface area (Å²) >= 11 is 0. The Morgan fingerprint density at radius 3 is 2.75 bits per heavy atom. The summed E-state index contributed by atoms with van der Waals surface area (Å²) in [6.07, 6.45) is 1.68. The summed E-state index contributed by atoms with van der Waals surface area (Å²) < 4.78 is 0. The molecule has 98 valence electrons. The van der Waals surface area contributed by atoms with Crippen molar-refractivity contribution in [2.45, 2.75) is 6.92 Å². The Morgan fingerprint density at radius 2 is 1.90 bits per heavy atom. The molecule has 3 rings (SSSR count). The van der Waals surface area contributed by atoms with E-state index in [1.807, 2.05) is 55.5 Å². The lowest BCUT2D eigenvalue weighted by atomic mass is 10.1. The molecule has 1 N–H and O–H groups in total. The number of hydrogen-bond acceptors (Lipinski definition) is 2. The van der Waals surface area contributed by atoms with Gasteiger partial charge in [-0.25, -0.2) is 0 Å². The molecule has 0 saturated carbocycles. The Kier molecular flexibility index (Phi) is 3.17. The van der Waals surface area contributed by atoms with E-state index in [9.17, 15) is 4.79 Å². The highest BCUT2D eigenvalue weighted by atomic mass is 16.1. The first-order valence-corrected chi connectivity index (χ1v) is 6.45. The van der Waals surface area contributed by atoms with Crippen LogP contribution in [0.15, 0.2) is 60.8 Å². The van der Waals surface area contributed by atoms with Gasteiger partial charge in [0.05, 0.1) is 17.4 Å². The van der Waals surface area contributed by atoms with Crippen LogP contribution in [-0.4, -0.2) is 10.9 Å². The van der Waals surface area contributed by atoms with Crippen molar-refractivity contribution in [3.63, 3.8) is 0 Å². The summed E-state index contributed by atoms with van der Waals surface area (Å²) in [6.45, 7) is 1.97. The number of pyridine rings is 1. The van der Waals surface area contributed by atoms with Crippen molar-refractivity contribution in [2.75, 3.05) is 5.32 Å². The normalized spacial score (nSPS) is 10.4. The number of anilines is 1. The number of fused-ring (bicyclic) bond motifs is 1. The molecule has 0 unspecified atom stereocenters. The quantitative estimate of drug-likeness (QED) is 0.763. The number of hydrogen-bond donors (Lipinski definition) is 1. The van der Waals surface area contributed by atoms with Gasteiger partial charge in [0.15, 0.2) is 0 Å². The number of aromatic nitrogens is 1. The van der Waals surface area contributed by atoms with Crippen molar-refractivity contribution >= 4 is 22.5 Å². The lowest BCUT2D eigenvalue weighted by Crippen LogP contribution is -2.12. The van der Waals surface area contributed by atoms with Gasteiger partial charge in [-0.1, -0.05) is 35.9 Å². The second-order valence-electron chi connectivity index (χ2n) is 4.74. The van der Waals surface area contributed by atoms with Gasteiger partial charge in [0.25, 0.3) is 5.91 Å². The number of benzene rings is 2. The Bertz CT molecular complexity index is 781. The molecule has 0 fully saturated rings. The maximum atomic E-state index is 12.2. The van der Waals surface area contributed by atoms with Crippen LogP contribution in [0, 0.1) is 6.92 Å². The summed E-state index contributed by atoms with van der Waals surface area (Å²) in [5, 5.41) is 3.88. The minimum Gasteiger partial charge on any atom is -0.321 e. The van der Waals surface area contributed by atoms with Crippen molar-refractivity contribution in [2.24, 2.45) is 0 Å². The second-order valence-corrected chi connectivity index (χ2v) is 4.74. The highest BCUT2D eigenvalue weighted by Crippen LogP contribution is 2.17. The largest absolute Gasteiger partial charge is 0.321 e. The van der Waals surface area contributed by atoms with Gasteiger partial charge in [-0.05, 0) is 31.2 Å². The summed E-state index contributed by atoms with van der Waals surface area (Å²) in [6, 6.07) is 17.3. The molecule has 1 aromatic heterocycles. The molecule has 0 saturated heterocycles. The Balaban J connectivity index is 1.87. The fraction of sp³-hybridized carbons (Fsp3) is 0.0588. The molecule has 0 atom stereocenters. The molecule has 1 amide bonds. The number of nitrogens with one attached hydrogen (secondary N) is 1. The lowest BCUT2D eigenvalue weighted by Gasteiger charge is -2.06. The molecule has 0 bridgehead atoms. The molecule has 1 heterocycles. The fourth-order valence-corrected chi connectivity index (χ4v) is 2.13. The third-order valence-corrected chi connectivity index (χ3v) is 3.13. The number of para-hydroxylation sites is 1. The maximum Gasteiger partial charge on any atom is 0.255 e. The minimum absolute atomic E-state index is 0.120. The minimum atomic E-state index is -0.120. The third-order valence-electron chi connectivity index (χ3n) is 3.13. The van der Waals surface area contributed by atoms with Gasteiger partial charge in [-0.15, -0.1) is 0 Å². The first-order chi connectivity index (χ1) is 9.72. The number of aryl methyl sites for hydroxylation is 1. The summed E-state index contributed by atoms with van der Waals surface area (Å²) in [5.41, 5.74) is 3.34. The van der Waals surface area contributed by atoms with Crippen molar-refractivity contribution in [3.05, 3.63) is 71.9 Å². The second kappa shape index (κ2) is 5.13. The molecular formula is C17H14N2O. The van der Waals surface area contributed by atoms with Crippen LogP contribution in [0.1, 0.15) is 15.9 Å². The standard InChI is InChI=1S/C17H14N2O/c1-12-5-4-7-14(9-12)17(20)19-15-10-13-6-2-3-8-16(13)18-11-15/h2-11H,1H3,(H,19,20). The van der Waals surface area contributed by atoms with E-state index in [2.05, 4.69) is 10.3 Å². The molecule has 3 nitrogen and oxygen atoms in total. The molecule has 2 aromatic carbocycles. The predicted octanol–water partition coefficient (Wildman–Crippen LogP) is 3.80. The zero-order valence-electron chi connectivity index (χ0n) is 11.1. The summed E-state index contributed by atoms with van der Waals surface area (Å²) in [4.78, 5) is 16.5. The van der Waals surface area contributed by atoms with E-state index in [-0.39, 0.29) is 5.91 Å². The van der Waals surface area contributed by atoms with E-state index < -0.39 is 0 Å². The van der Waals surface area contributed by atoms with Crippen LogP contribution in [0.2, 0.25) is 0 Å². The van der Waals surface area contributed by atoms with Crippen molar-refractivity contribution in [3.8, 4) is 0 Å². The summed E-state index contributed by atoms with van der Waals surface area (Å²) in [7, 11) is 0. The monoisotopic (exact) mass is 262 g/mol. The van der Waals surface area contributed by atoms with E-state index >= 15 is 0 Å². The highest BCUT2D eigenvalue weighted by molar-refractivity contribution is 6.05. The topological polar surface area (TPSA) is 42.0 Å². The molecule has 0 aliphatic heterocycles. The molecule has 3 aromatic rings. The number of nitrogens with zero attached hydrogens (tertiary/aromatic N) is 1. The molecule has 3 heteroatoms. The average Bonchev–Trinajstić information content (AvgIpc) is 2.47. The highest BCUT2D eigenvalue weighted by Gasteiger charge is 2.06. The van der Waals surface area contributed by atoms with Gasteiger partial charge < -0.3 is 5.32 Å². The Labute approximate surface area is 117 Å². The lowest BCUT2D eigenvalue weighted by molar-refractivity contribution is 0.102. The number of carbonyl (C=O) groups is 1. The van der Waals surface area contributed by atoms with E-state index in [0.717, 1.165) is 16.5 Å². The Morgan fingerprint density at radius 1 is 1.05 bits per heavy atom. The van der Waals surface area contributed by atoms with Crippen LogP contribution in [0.3, 0.4) is 0 Å². The Hall–Kier alpha value is -2.68. The van der Waals surface area contributed by atoms with Gasteiger partial charge in [0.1, 0.15) is 0 Å². The predicted molar refractivity (Wildman–Crippen MR) is 80.9 cm³/mol. The van der Waals surface area contributed by atoms with Gasteiger partial charge in [-0.2, -0.15) is 0 Å². The SMILES string of the molecule is Cc1cccc(C(=O)Nc2cnc3ccccc3c2)c1. The van der Waals surface area contributed by atoms with E-state index in [1.165, 1.54) is 0 Å². The summed E-state index contributed by atoms with van der Waals surface area (Å²) in [5.74, 6) is -0.120. The van der Waals surface area contributed by atoms with Crippen molar-refractivity contribution in [1.82, 2.24) is 4.98 Å². The molecule has 0 aliphatic rings. The van der Waals surface area contributed by atoms with Crippen molar-refractivity contribution in [1.29, 1.82) is 0 Å². The number of amides is 1. The van der Waals surface area contributed by atoms with Crippen LogP contribution in [0.5, 0.6) is 0 Å². The van der Waals surface area contributed by atoms with Crippen molar-refractivity contribution < 1.29 is 4.79 Å². The maximum absolute atomic E-state index is 12.2. The first kappa shape index (κ1) is 12.4. The van der Waals surface area contributed by atoms with Crippen LogP contribution < -0.4 is 5.32 Å². The smallest absolute Gasteiger partial charge is 0.255 e. The van der Waals surface area contributed by atoms with E-state index in [1.54, 1.807) is 12.3 Å². The molecule has 0 aliphatic carbocycles. The van der Waals surface area contributed by atoms with Crippen LogP contribution in [-0.2, 0) is 0 Å². The molecule has 20 heavy (non-hydrogen) atoms. The molecule has 0 spiro atoms. The van der Waals surface area contributed by atoms with Crippen LogP contribution >= 0.6 is 0 Å². The molecular weight excluding hydrogens is 248 g/mol. The van der Waals surface area contributed by atoms with Gasteiger partial charge in [-0.3, -0.25) is 9.78 Å². The van der Waals surface area contributed by atoms with Gasteiger partial charge >= 0.3 is 0 Å². The van der Waals surface area contributed by atoms with Crippen LogP contribution in [0.25, 0.3) is 10.9 Å². The number of carbonyl (C=O) groups excluding carboxylic acids is 1. The first-order valence-electron chi connectivity index (χ1n) is 6.45.